The summed E-state index contributed by atoms with van der Waals surface area (Å²) in [5, 5.41) is 3.84. The van der Waals surface area contributed by atoms with Crippen LogP contribution in [0.25, 0.3) is 0 Å². The van der Waals surface area contributed by atoms with Gasteiger partial charge in [0.15, 0.2) is 0 Å². The van der Waals surface area contributed by atoms with Gasteiger partial charge in [-0.1, -0.05) is 27.2 Å². The summed E-state index contributed by atoms with van der Waals surface area (Å²) < 4.78 is 0. The molecule has 2 nitrogen and oxygen atoms in total. The first-order valence-electron chi connectivity index (χ1n) is 8.94. The molecule has 20 heavy (non-hydrogen) atoms. The zero-order valence-electron chi connectivity index (χ0n) is 14.3. The van der Waals surface area contributed by atoms with Gasteiger partial charge >= 0.3 is 0 Å². The van der Waals surface area contributed by atoms with Crippen LogP contribution in [-0.2, 0) is 0 Å². The number of piperidine rings is 1. The Bertz CT molecular complexity index is 287. The third-order valence-corrected chi connectivity index (χ3v) is 5.38. The third kappa shape index (κ3) is 5.04. The van der Waals surface area contributed by atoms with E-state index in [4.69, 9.17) is 0 Å². The zero-order chi connectivity index (χ0) is 14.6. The van der Waals surface area contributed by atoms with E-state index in [0.29, 0.717) is 5.41 Å². The van der Waals surface area contributed by atoms with Crippen LogP contribution in [0, 0.1) is 11.3 Å². The molecule has 1 heterocycles. The fraction of sp³-hybridized carbons (Fsp3) is 1.00. The molecule has 0 aromatic rings. The summed E-state index contributed by atoms with van der Waals surface area (Å²) in [5.74, 6) is 0.887. The Morgan fingerprint density at radius 3 is 2.65 bits per heavy atom. The Balaban J connectivity index is 1.63. The minimum Gasteiger partial charge on any atom is -0.314 e. The highest BCUT2D eigenvalue weighted by atomic mass is 15.2. The highest BCUT2D eigenvalue weighted by molar-refractivity contribution is 4.86. The first-order valence-corrected chi connectivity index (χ1v) is 8.94. The highest BCUT2D eigenvalue weighted by Gasteiger charge is 2.31. The first-order chi connectivity index (χ1) is 9.46. The standard InChI is InChI=1S/C18H36N2/c1-15-12-17(14-18(3,4)13-15)19-9-7-11-20-10-6-5-8-16(20)2/h15-17,19H,5-14H2,1-4H3. The molecule has 1 saturated carbocycles. The van der Waals surface area contributed by atoms with Gasteiger partial charge in [-0.3, -0.25) is 0 Å². The molecule has 2 rings (SSSR count). The van der Waals surface area contributed by atoms with E-state index in [1.807, 2.05) is 0 Å². The van der Waals surface area contributed by atoms with Gasteiger partial charge in [0.05, 0.1) is 0 Å². The van der Waals surface area contributed by atoms with Crippen molar-refractivity contribution >= 4 is 0 Å². The van der Waals surface area contributed by atoms with Crippen molar-refractivity contribution in [3.63, 3.8) is 0 Å². The van der Waals surface area contributed by atoms with E-state index >= 15 is 0 Å². The van der Waals surface area contributed by atoms with Crippen molar-refractivity contribution in [3.8, 4) is 0 Å². The Kier molecular flexibility index (Phi) is 5.92. The summed E-state index contributed by atoms with van der Waals surface area (Å²) in [6.45, 7) is 13.5. The van der Waals surface area contributed by atoms with Crippen LogP contribution in [-0.4, -0.2) is 36.6 Å². The molecule has 2 aliphatic rings. The molecule has 1 saturated heterocycles. The molecule has 0 radical (unpaired) electrons. The average Bonchev–Trinajstić information content (AvgIpc) is 2.34. The first kappa shape index (κ1) is 16.3. The van der Waals surface area contributed by atoms with Crippen LogP contribution in [0.4, 0.5) is 0 Å². The SMILES string of the molecule is CC1CC(NCCCN2CCCCC2C)CC(C)(C)C1. The summed E-state index contributed by atoms with van der Waals surface area (Å²) in [6, 6.07) is 1.57. The van der Waals surface area contributed by atoms with Gasteiger partial charge in [0.2, 0.25) is 0 Å². The molecule has 3 atom stereocenters. The molecule has 118 valence electrons. The topological polar surface area (TPSA) is 15.3 Å². The largest absolute Gasteiger partial charge is 0.314 e. The van der Waals surface area contributed by atoms with Crippen molar-refractivity contribution < 1.29 is 0 Å². The van der Waals surface area contributed by atoms with Gasteiger partial charge in [-0.2, -0.15) is 0 Å². The lowest BCUT2D eigenvalue weighted by Gasteiger charge is -2.39. The molecule has 2 heteroatoms. The molecule has 0 aromatic heterocycles. The number of hydrogen-bond acceptors (Lipinski definition) is 2. The summed E-state index contributed by atoms with van der Waals surface area (Å²) in [6.07, 6.45) is 9.70. The summed E-state index contributed by atoms with van der Waals surface area (Å²) >= 11 is 0. The molecule has 3 unspecified atom stereocenters. The predicted molar refractivity (Wildman–Crippen MR) is 88.1 cm³/mol. The predicted octanol–water partition coefficient (Wildman–Crippen LogP) is 4.06. The lowest BCUT2D eigenvalue weighted by Crippen LogP contribution is -2.42. The molecule has 0 aromatic carbocycles. The van der Waals surface area contributed by atoms with E-state index < -0.39 is 0 Å². The Hall–Kier alpha value is -0.0800. The molecule has 1 aliphatic heterocycles. The highest BCUT2D eigenvalue weighted by Crippen LogP contribution is 2.38. The van der Waals surface area contributed by atoms with Crippen LogP contribution in [0.1, 0.15) is 72.6 Å². The minimum atomic E-state index is 0.538. The second kappa shape index (κ2) is 7.26. The minimum absolute atomic E-state index is 0.538. The van der Waals surface area contributed by atoms with Gasteiger partial charge < -0.3 is 10.2 Å². The van der Waals surface area contributed by atoms with E-state index in [9.17, 15) is 0 Å². The van der Waals surface area contributed by atoms with Crippen LogP contribution < -0.4 is 5.32 Å². The summed E-state index contributed by atoms with van der Waals surface area (Å²) in [4.78, 5) is 2.69. The molecule has 0 amide bonds. The van der Waals surface area contributed by atoms with Gasteiger partial charge in [-0.05, 0) is 76.4 Å². The van der Waals surface area contributed by atoms with Gasteiger partial charge in [0.25, 0.3) is 0 Å². The number of likely N-dealkylation sites (tertiary alicyclic amines) is 1. The van der Waals surface area contributed by atoms with Crippen molar-refractivity contribution in [1.82, 2.24) is 10.2 Å². The van der Waals surface area contributed by atoms with Crippen molar-refractivity contribution in [3.05, 3.63) is 0 Å². The van der Waals surface area contributed by atoms with Crippen LogP contribution in [0.15, 0.2) is 0 Å². The Labute approximate surface area is 126 Å². The monoisotopic (exact) mass is 280 g/mol. The lowest BCUT2D eigenvalue weighted by molar-refractivity contribution is 0.143. The zero-order valence-corrected chi connectivity index (χ0v) is 14.3. The normalized spacial score (nSPS) is 35.1. The van der Waals surface area contributed by atoms with E-state index in [0.717, 1.165) is 18.0 Å². The number of nitrogens with one attached hydrogen (secondary N) is 1. The molecular weight excluding hydrogens is 244 g/mol. The fourth-order valence-corrected chi connectivity index (χ4v) is 4.58. The van der Waals surface area contributed by atoms with Crippen molar-refractivity contribution in [2.75, 3.05) is 19.6 Å². The third-order valence-electron chi connectivity index (χ3n) is 5.38. The molecule has 1 aliphatic carbocycles. The van der Waals surface area contributed by atoms with Crippen LogP contribution in [0.3, 0.4) is 0 Å². The fourth-order valence-electron chi connectivity index (χ4n) is 4.58. The Morgan fingerprint density at radius 2 is 1.95 bits per heavy atom. The molecule has 0 spiro atoms. The molecule has 0 bridgehead atoms. The van der Waals surface area contributed by atoms with Gasteiger partial charge in [-0.25, -0.2) is 0 Å². The van der Waals surface area contributed by atoms with Crippen LogP contribution in [0.2, 0.25) is 0 Å². The molecule has 1 N–H and O–H groups in total. The average molecular weight is 280 g/mol. The molecular formula is C18H36N2. The lowest BCUT2D eigenvalue weighted by atomic mass is 9.70. The van der Waals surface area contributed by atoms with Gasteiger partial charge in [0.1, 0.15) is 0 Å². The van der Waals surface area contributed by atoms with Crippen LogP contribution in [0.5, 0.6) is 0 Å². The van der Waals surface area contributed by atoms with Crippen molar-refractivity contribution in [2.45, 2.75) is 84.7 Å². The van der Waals surface area contributed by atoms with Gasteiger partial charge in [-0.15, -0.1) is 0 Å². The number of rotatable bonds is 5. The van der Waals surface area contributed by atoms with E-state index in [1.54, 1.807) is 0 Å². The maximum absolute atomic E-state index is 3.84. The summed E-state index contributed by atoms with van der Waals surface area (Å²) in [5.41, 5.74) is 0.538. The van der Waals surface area contributed by atoms with Gasteiger partial charge in [0, 0.05) is 12.1 Å². The van der Waals surface area contributed by atoms with E-state index in [2.05, 4.69) is 37.9 Å². The van der Waals surface area contributed by atoms with Crippen molar-refractivity contribution in [2.24, 2.45) is 11.3 Å². The second-order valence-electron chi connectivity index (χ2n) is 8.30. The second-order valence-corrected chi connectivity index (χ2v) is 8.30. The van der Waals surface area contributed by atoms with E-state index in [1.165, 1.54) is 64.6 Å². The van der Waals surface area contributed by atoms with E-state index in [-0.39, 0.29) is 0 Å². The number of hydrogen-bond donors (Lipinski definition) is 1. The number of nitrogens with zero attached hydrogens (tertiary/aromatic N) is 1. The quantitative estimate of drug-likeness (QED) is 0.764. The maximum Gasteiger partial charge on any atom is 0.00746 e. The summed E-state index contributed by atoms with van der Waals surface area (Å²) in [7, 11) is 0. The smallest absolute Gasteiger partial charge is 0.00746 e. The molecule has 2 fully saturated rings. The Morgan fingerprint density at radius 1 is 1.15 bits per heavy atom. The van der Waals surface area contributed by atoms with Crippen LogP contribution >= 0.6 is 0 Å². The van der Waals surface area contributed by atoms with Crippen molar-refractivity contribution in [1.29, 1.82) is 0 Å². The maximum atomic E-state index is 3.84.